The van der Waals surface area contributed by atoms with Crippen LogP contribution in [0.1, 0.15) is 37.8 Å². The molecule has 8 nitrogen and oxygen atoms in total. The Hall–Kier alpha value is -3.94. The smallest absolute Gasteiger partial charge is 0.231 e. The summed E-state index contributed by atoms with van der Waals surface area (Å²) in [5.74, 6) is 8.99. The van der Waals surface area contributed by atoms with Crippen LogP contribution in [0.2, 0.25) is 0 Å². The molecule has 48 heavy (non-hydrogen) atoms. The van der Waals surface area contributed by atoms with Crippen LogP contribution in [0.3, 0.4) is 0 Å². The molecule has 8 aliphatic rings. The maximum absolute atomic E-state index is 13.2. The highest BCUT2D eigenvalue weighted by atomic mass is 16.7. The largest absolute Gasteiger partial charge is 0.454 e. The lowest BCUT2D eigenvalue weighted by molar-refractivity contribution is -0.191. The van der Waals surface area contributed by atoms with Gasteiger partial charge >= 0.3 is 0 Å². The topological polar surface area (TPSA) is 95.1 Å². The molecule has 2 bridgehead atoms. The first-order valence-corrected chi connectivity index (χ1v) is 18.2. The molecule has 6 aliphatic carbocycles. The van der Waals surface area contributed by atoms with Gasteiger partial charge in [-0.15, -0.1) is 0 Å². The van der Waals surface area contributed by atoms with Crippen LogP contribution in [0.15, 0.2) is 60.7 Å². The lowest BCUT2D eigenvalue weighted by atomic mass is 9.33. The highest BCUT2D eigenvalue weighted by molar-refractivity contribution is 5.77. The highest BCUT2D eigenvalue weighted by Crippen LogP contribution is 2.71. The number of ether oxygens (including phenoxy) is 4. The quantitative estimate of drug-likeness (QED) is 0.328. The van der Waals surface area contributed by atoms with Crippen molar-refractivity contribution in [3.05, 3.63) is 71.8 Å². The fourth-order valence-corrected chi connectivity index (χ4v) is 11.5. The van der Waals surface area contributed by atoms with Gasteiger partial charge in [-0.25, -0.2) is 0 Å². The molecule has 2 aliphatic heterocycles. The maximum atomic E-state index is 13.2. The van der Waals surface area contributed by atoms with E-state index in [0.717, 1.165) is 35.8 Å². The predicted molar refractivity (Wildman–Crippen MR) is 179 cm³/mol. The third-order valence-corrected chi connectivity index (χ3v) is 13.2. The molecule has 2 N–H and O–H groups in total. The molecule has 0 aromatic heterocycles. The first-order chi connectivity index (χ1) is 23.5. The monoisotopic (exact) mass is 650 g/mol. The molecular formula is C40H46N2O6. The van der Waals surface area contributed by atoms with E-state index in [0.29, 0.717) is 96.9 Å². The third-order valence-electron chi connectivity index (χ3n) is 13.2. The Morgan fingerprint density at radius 2 is 1.02 bits per heavy atom. The van der Waals surface area contributed by atoms with E-state index in [-0.39, 0.29) is 25.4 Å². The summed E-state index contributed by atoms with van der Waals surface area (Å²) in [4.78, 5) is 26.3. The van der Waals surface area contributed by atoms with Gasteiger partial charge in [0.05, 0.1) is 0 Å². The number of allylic oxidation sites excluding steroid dienone is 4. The first-order valence-electron chi connectivity index (χ1n) is 18.2. The second-order valence-corrected chi connectivity index (χ2v) is 15.1. The van der Waals surface area contributed by atoms with Crippen LogP contribution in [0, 0.1) is 71.0 Å². The molecule has 3 saturated carbocycles. The van der Waals surface area contributed by atoms with E-state index in [9.17, 15) is 9.59 Å². The third kappa shape index (κ3) is 4.76. The zero-order chi connectivity index (χ0) is 32.5. The summed E-state index contributed by atoms with van der Waals surface area (Å²) in [6.45, 7) is 5.87. The van der Waals surface area contributed by atoms with Crippen molar-refractivity contribution in [2.75, 3.05) is 26.7 Å². The number of rotatable bonds is 10. The van der Waals surface area contributed by atoms with E-state index in [4.69, 9.17) is 18.9 Å². The van der Waals surface area contributed by atoms with Gasteiger partial charge < -0.3 is 29.6 Å². The molecule has 2 aromatic rings. The Kier molecular flexibility index (Phi) is 7.46. The van der Waals surface area contributed by atoms with Crippen molar-refractivity contribution >= 4 is 11.8 Å². The Morgan fingerprint density at radius 3 is 1.62 bits per heavy atom. The Morgan fingerprint density at radius 1 is 0.562 bits per heavy atom. The van der Waals surface area contributed by atoms with Crippen molar-refractivity contribution in [2.45, 2.75) is 39.5 Å². The number of amides is 2. The van der Waals surface area contributed by atoms with Gasteiger partial charge in [-0.2, -0.15) is 0 Å². The molecule has 2 aromatic carbocycles. The van der Waals surface area contributed by atoms with Crippen LogP contribution >= 0.6 is 0 Å². The SMILES string of the molecule is CCNC(=O)CC1C(Cc2ccc3c(c2)OCO3)C2C=CC3C4C=CC(C3C21)C1C(Cc2ccc3c(c2)OCO3)C(CC(=O)NCC)C41. The van der Waals surface area contributed by atoms with Crippen molar-refractivity contribution in [3.63, 3.8) is 0 Å². The molecule has 12 unspecified atom stereocenters. The molecule has 12 atom stereocenters. The van der Waals surface area contributed by atoms with E-state index in [1.807, 2.05) is 26.0 Å². The van der Waals surface area contributed by atoms with Gasteiger partial charge in [0.15, 0.2) is 23.0 Å². The molecule has 8 heteroatoms. The minimum absolute atomic E-state index is 0.170. The van der Waals surface area contributed by atoms with Crippen LogP contribution < -0.4 is 29.6 Å². The van der Waals surface area contributed by atoms with E-state index in [1.54, 1.807) is 0 Å². The second-order valence-electron chi connectivity index (χ2n) is 15.1. The molecule has 0 spiro atoms. The van der Waals surface area contributed by atoms with Crippen molar-refractivity contribution in [3.8, 4) is 23.0 Å². The number of hydrogen-bond acceptors (Lipinski definition) is 6. The number of nitrogens with one attached hydrogen (secondary N) is 2. The number of fused-ring (bicyclic) bond motifs is 3. The summed E-state index contributed by atoms with van der Waals surface area (Å²) < 4.78 is 22.6. The molecular weight excluding hydrogens is 604 g/mol. The fourth-order valence-electron chi connectivity index (χ4n) is 11.5. The zero-order valence-electron chi connectivity index (χ0n) is 27.8. The minimum atomic E-state index is 0.170. The maximum Gasteiger partial charge on any atom is 0.231 e. The molecule has 2 heterocycles. The molecule has 252 valence electrons. The Bertz CT molecular complexity index is 1670. The zero-order valence-corrected chi connectivity index (χ0v) is 27.8. The van der Waals surface area contributed by atoms with Crippen molar-refractivity contribution < 1.29 is 28.5 Å². The predicted octanol–water partition coefficient (Wildman–Crippen LogP) is 5.56. The van der Waals surface area contributed by atoms with Crippen LogP contribution in [0.5, 0.6) is 23.0 Å². The summed E-state index contributed by atoms with van der Waals surface area (Å²) in [7, 11) is 0. The van der Waals surface area contributed by atoms with Gasteiger partial charge in [-0.05, 0) is 133 Å². The second kappa shape index (κ2) is 11.9. The Balaban J connectivity index is 1.02. The molecule has 2 amide bonds. The first kappa shape index (κ1) is 30.1. The minimum Gasteiger partial charge on any atom is -0.454 e. The van der Waals surface area contributed by atoms with Gasteiger partial charge in [-0.3, -0.25) is 9.59 Å². The summed E-state index contributed by atoms with van der Waals surface area (Å²) in [6.07, 6.45) is 13.2. The molecule has 0 saturated heterocycles. The van der Waals surface area contributed by atoms with Crippen LogP contribution in [-0.2, 0) is 22.4 Å². The standard InChI is InChI=1S/C40H46N2O6/c1-3-41-35(43)17-29-27(13-21-5-11-31-33(15-21)47-19-45-31)25-8-7-23-24-9-10-26(37(23)39(25)29)40-28(30(38(24)40)18-36(44)42-4-2)14-22-6-12-32-34(16-22)48-20-46-32/h5-12,15-16,23-30,37-40H,3-4,13-14,17-20H2,1-2H3,(H,41,43)(H,42,44). The number of benzene rings is 2. The van der Waals surface area contributed by atoms with E-state index < -0.39 is 0 Å². The number of carbonyl (C=O) groups is 2. The van der Waals surface area contributed by atoms with Crippen molar-refractivity contribution in [1.29, 1.82) is 0 Å². The van der Waals surface area contributed by atoms with E-state index in [2.05, 4.69) is 59.2 Å². The van der Waals surface area contributed by atoms with Crippen molar-refractivity contribution in [2.24, 2.45) is 71.0 Å². The lowest BCUT2D eigenvalue weighted by Crippen LogP contribution is -2.67. The lowest BCUT2D eigenvalue weighted by Gasteiger charge is -2.71. The van der Waals surface area contributed by atoms with Gasteiger partial charge in [0.1, 0.15) is 0 Å². The highest BCUT2D eigenvalue weighted by Gasteiger charge is 2.67. The Labute approximate surface area is 282 Å². The van der Waals surface area contributed by atoms with Crippen LogP contribution in [-0.4, -0.2) is 38.5 Å². The number of hydrogen-bond donors (Lipinski definition) is 2. The van der Waals surface area contributed by atoms with E-state index >= 15 is 0 Å². The van der Waals surface area contributed by atoms with Gasteiger partial charge in [-0.1, -0.05) is 36.4 Å². The van der Waals surface area contributed by atoms with Crippen LogP contribution in [0.25, 0.3) is 0 Å². The fraction of sp³-hybridized carbons (Fsp3) is 0.550. The van der Waals surface area contributed by atoms with Gasteiger partial charge in [0, 0.05) is 25.9 Å². The van der Waals surface area contributed by atoms with Crippen LogP contribution in [0.4, 0.5) is 0 Å². The average molecular weight is 651 g/mol. The summed E-state index contributed by atoms with van der Waals surface area (Å²) >= 11 is 0. The summed E-state index contributed by atoms with van der Waals surface area (Å²) in [6, 6.07) is 12.7. The summed E-state index contributed by atoms with van der Waals surface area (Å²) in [5, 5.41) is 6.21. The van der Waals surface area contributed by atoms with E-state index in [1.165, 1.54) is 11.1 Å². The normalized spacial score (nSPS) is 36.7. The van der Waals surface area contributed by atoms with Gasteiger partial charge in [0.25, 0.3) is 0 Å². The van der Waals surface area contributed by atoms with Crippen molar-refractivity contribution in [1.82, 2.24) is 10.6 Å². The summed E-state index contributed by atoms with van der Waals surface area (Å²) in [5.41, 5.74) is 2.51. The molecule has 0 radical (unpaired) electrons. The molecule has 10 rings (SSSR count). The molecule has 3 fully saturated rings. The van der Waals surface area contributed by atoms with Gasteiger partial charge in [0.2, 0.25) is 25.4 Å². The number of carbonyl (C=O) groups excluding carboxylic acids is 2. The average Bonchev–Trinajstić information content (AvgIpc) is 3.76.